The highest BCUT2D eigenvalue weighted by atomic mass is 31.2. The molecule has 3 N–H and O–H groups in total. The summed E-state index contributed by atoms with van der Waals surface area (Å²) in [6.07, 6.45) is 1.45. The summed E-state index contributed by atoms with van der Waals surface area (Å²) in [4.78, 5) is 8.96. The predicted molar refractivity (Wildman–Crippen MR) is 36.7 cm³/mol. The normalized spacial score (nSPS) is 41.2. The van der Waals surface area contributed by atoms with E-state index < -0.39 is 7.37 Å². The Balaban J connectivity index is 2.41. The van der Waals surface area contributed by atoms with Gasteiger partial charge in [-0.3, -0.25) is 4.57 Å². The lowest BCUT2D eigenvalue weighted by molar-refractivity contribution is 0.373. The molecular formula is C5H12NO2P. The molecule has 1 fully saturated rings. The van der Waals surface area contributed by atoms with Crippen LogP contribution in [-0.2, 0) is 4.57 Å². The summed E-state index contributed by atoms with van der Waals surface area (Å²) >= 11 is 0. The second kappa shape index (κ2) is 2.08. The van der Waals surface area contributed by atoms with Crippen LogP contribution in [0, 0.1) is 0 Å². The summed E-state index contributed by atoms with van der Waals surface area (Å²) in [5, 5.41) is 0. The van der Waals surface area contributed by atoms with Gasteiger partial charge in [-0.05, 0) is 12.8 Å². The van der Waals surface area contributed by atoms with E-state index in [9.17, 15) is 4.57 Å². The molecule has 54 valence electrons. The van der Waals surface area contributed by atoms with Crippen molar-refractivity contribution in [1.29, 1.82) is 0 Å². The van der Waals surface area contributed by atoms with Crippen LogP contribution < -0.4 is 5.73 Å². The Hall–Kier alpha value is 0.150. The average molecular weight is 149 g/mol. The molecule has 0 aliphatic heterocycles. The Bertz CT molecular complexity index is 147. The van der Waals surface area contributed by atoms with E-state index in [1.54, 1.807) is 0 Å². The first-order chi connectivity index (χ1) is 4.00. The molecule has 3 nitrogen and oxygen atoms in total. The van der Waals surface area contributed by atoms with E-state index in [0.29, 0.717) is 0 Å². The van der Waals surface area contributed by atoms with E-state index >= 15 is 0 Å². The minimum atomic E-state index is -2.79. The molecule has 1 atom stereocenters. The lowest BCUT2D eigenvalue weighted by Crippen LogP contribution is -2.39. The number of nitrogens with two attached hydrogens (primary N) is 1. The van der Waals surface area contributed by atoms with Crippen LogP contribution in [0.1, 0.15) is 12.8 Å². The van der Waals surface area contributed by atoms with Gasteiger partial charge in [0, 0.05) is 18.4 Å². The maximum atomic E-state index is 10.8. The van der Waals surface area contributed by atoms with E-state index in [2.05, 4.69) is 0 Å². The van der Waals surface area contributed by atoms with Gasteiger partial charge in [-0.1, -0.05) is 0 Å². The van der Waals surface area contributed by atoms with Crippen LogP contribution in [0.2, 0.25) is 0 Å². The fourth-order valence-corrected chi connectivity index (χ4v) is 2.34. The molecule has 4 heteroatoms. The molecule has 0 radical (unpaired) electrons. The van der Waals surface area contributed by atoms with Crippen LogP contribution in [-0.4, -0.2) is 23.3 Å². The van der Waals surface area contributed by atoms with Crippen molar-refractivity contribution >= 4 is 7.37 Å². The Labute approximate surface area is 54.7 Å². The molecule has 1 aliphatic rings. The number of rotatable bonds is 1. The van der Waals surface area contributed by atoms with Gasteiger partial charge in [-0.25, -0.2) is 0 Å². The fraction of sp³-hybridized carbons (Fsp3) is 1.00. The van der Waals surface area contributed by atoms with E-state index in [1.807, 2.05) is 0 Å². The SMILES string of the molecule is CP(=O)(O)C1CC(N)C1. The lowest BCUT2D eigenvalue weighted by atomic mass is 9.93. The van der Waals surface area contributed by atoms with Crippen LogP contribution in [0.4, 0.5) is 0 Å². The molecule has 1 rings (SSSR count). The largest absolute Gasteiger partial charge is 0.344 e. The topological polar surface area (TPSA) is 63.3 Å². The Morgan fingerprint density at radius 2 is 2.11 bits per heavy atom. The molecule has 0 heterocycles. The molecule has 1 aliphatic carbocycles. The molecule has 0 spiro atoms. The monoisotopic (exact) mass is 149 g/mol. The van der Waals surface area contributed by atoms with Crippen molar-refractivity contribution in [2.24, 2.45) is 5.73 Å². The summed E-state index contributed by atoms with van der Waals surface area (Å²) in [5.74, 6) is 0. The summed E-state index contributed by atoms with van der Waals surface area (Å²) in [5.41, 5.74) is 5.43. The van der Waals surface area contributed by atoms with Crippen LogP contribution in [0.15, 0.2) is 0 Å². The van der Waals surface area contributed by atoms with Gasteiger partial charge in [0.25, 0.3) is 0 Å². The highest BCUT2D eigenvalue weighted by molar-refractivity contribution is 7.58. The minimum absolute atomic E-state index is 0.00694. The second-order valence-electron chi connectivity index (χ2n) is 2.83. The standard InChI is InChI=1S/C5H12NO2P/c1-9(7,8)5-2-4(6)3-5/h4-5H,2-3,6H2,1H3,(H,7,8). The van der Waals surface area contributed by atoms with Gasteiger partial charge < -0.3 is 10.6 Å². The lowest BCUT2D eigenvalue weighted by Gasteiger charge is -2.33. The van der Waals surface area contributed by atoms with Gasteiger partial charge in [0.15, 0.2) is 0 Å². The van der Waals surface area contributed by atoms with Crippen molar-refractivity contribution in [1.82, 2.24) is 0 Å². The summed E-state index contributed by atoms with van der Waals surface area (Å²) in [6, 6.07) is 0.176. The van der Waals surface area contributed by atoms with Crippen LogP contribution >= 0.6 is 7.37 Å². The van der Waals surface area contributed by atoms with Crippen LogP contribution in [0.3, 0.4) is 0 Å². The Kier molecular flexibility index (Phi) is 1.68. The zero-order valence-electron chi connectivity index (χ0n) is 5.45. The van der Waals surface area contributed by atoms with Gasteiger partial charge >= 0.3 is 0 Å². The third kappa shape index (κ3) is 1.54. The van der Waals surface area contributed by atoms with Crippen LogP contribution in [0.5, 0.6) is 0 Å². The summed E-state index contributed by atoms with van der Waals surface area (Å²) in [7, 11) is -2.79. The fourth-order valence-electron chi connectivity index (χ4n) is 1.02. The Morgan fingerprint density at radius 1 is 1.67 bits per heavy atom. The molecule has 0 amide bonds. The number of hydrogen-bond donors (Lipinski definition) is 2. The highest BCUT2D eigenvalue weighted by Crippen LogP contribution is 2.50. The van der Waals surface area contributed by atoms with E-state index in [4.69, 9.17) is 10.6 Å². The predicted octanol–water partition coefficient (Wildman–Crippen LogP) is 0.376. The average Bonchev–Trinajstić information content (AvgIpc) is 1.55. The first-order valence-electron chi connectivity index (χ1n) is 3.05. The van der Waals surface area contributed by atoms with E-state index in [1.165, 1.54) is 6.66 Å². The zero-order valence-corrected chi connectivity index (χ0v) is 6.34. The van der Waals surface area contributed by atoms with Gasteiger partial charge in [0.05, 0.1) is 0 Å². The van der Waals surface area contributed by atoms with Crippen molar-refractivity contribution in [2.45, 2.75) is 24.5 Å². The molecule has 0 saturated heterocycles. The van der Waals surface area contributed by atoms with Crippen molar-refractivity contribution < 1.29 is 9.46 Å². The van der Waals surface area contributed by atoms with Gasteiger partial charge in [-0.2, -0.15) is 0 Å². The summed E-state index contributed by atoms with van der Waals surface area (Å²) in [6.45, 7) is 1.41. The maximum absolute atomic E-state index is 10.8. The Morgan fingerprint density at radius 3 is 2.22 bits per heavy atom. The first kappa shape index (κ1) is 7.26. The quantitative estimate of drug-likeness (QED) is 0.529. The van der Waals surface area contributed by atoms with E-state index in [-0.39, 0.29) is 11.7 Å². The van der Waals surface area contributed by atoms with Gasteiger partial charge in [-0.15, -0.1) is 0 Å². The second-order valence-corrected chi connectivity index (χ2v) is 5.45. The van der Waals surface area contributed by atoms with Crippen molar-refractivity contribution in [3.8, 4) is 0 Å². The van der Waals surface area contributed by atoms with Crippen molar-refractivity contribution in [3.63, 3.8) is 0 Å². The van der Waals surface area contributed by atoms with Gasteiger partial charge in [0.2, 0.25) is 7.37 Å². The first-order valence-corrected chi connectivity index (χ1v) is 5.23. The highest BCUT2D eigenvalue weighted by Gasteiger charge is 2.36. The van der Waals surface area contributed by atoms with Crippen molar-refractivity contribution in [2.75, 3.05) is 6.66 Å². The molecular weight excluding hydrogens is 137 g/mol. The molecule has 0 aromatic carbocycles. The molecule has 1 saturated carbocycles. The molecule has 1 unspecified atom stereocenters. The van der Waals surface area contributed by atoms with E-state index in [0.717, 1.165) is 12.8 Å². The zero-order chi connectivity index (χ0) is 7.07. The maximum Gasteiger partial charge on any atom is 0.200 e. The molecule has 0 bridgehead atoms. The third-order valence-electron chi connectivity index (χ3n) is 1.83. The smallest absolute Gasteiger partial charge is 0.200 e. The summed E-state index contributed by atoms with van der Waals surface area (Å²) < 4.78 is 10.8. The molecule has 0 aromatic rings. The van der Waals surface area contributed by atoms with Crippen molar-refractivity contribution in [3.05, 3.63) is 0 Å². The third-order valence-corrected chi connectivity index (χ3v) is 3.60. The van der Waals surface area contributed by atoms with Crippen LogP contribution in [0.25, 0.3) is 0 Å². The molecule has 9 heavy (non-hydrogen) atoms. The number of hydrogen-bond acceptors (Lipinski definition) is 2. The molecule has 0 aromatic heterocycles. The van der Waals surface area contributed by atoms with Gasteiger partial charge in [0.1, 0.15) is 0 Å². The minimum Gasteiger partial charge on any atom is -0.344 e.